The van der Waals surface area contributed by atoms with Gasteiger partial charge in [-0.3, -0.25) is 4.79 Å². The fraction of sp³-hybridized carbons (Fsp3) is 0.500. The van der Waals surface area contributed by atoms with E-state index in [1.807, 2.05) is 39.8 Å². The number of carbonyl (C=O) groups is 1. The van der Waals surface area contributed by atoms with Gasteiger partial charge in [-0.1, -0.05) is 19.9 Å². The van der Waals surface area contributed by atoms with Crippen LogP contribution in [0.2, 0.25) is 0 Å². The molecule has 1 aromatic carbocycles. The second kappa shape index (κ2) is 5.71. The van der Waals surface area contributed by atoms with Gasteiger partial charge in [-0.2, -0.15) is 0 Å². The van der Waals surface area contributed by atoms with Gasteiger partial charge in [0.15, 0.2) is 0 Å². The lowest BCUT2D eigenvalue weighted by Crippen LogP contribution is -2.22. The Labute approximate surface area is 103 Å². The number of hydrogen-bond donors (Lipinski definition) is 2. The molecular weight excluding hydrogens is 212 g/mol. The minimum absolute atomic E-state index is 0.0805. The van der Waals surface area contributed by atoms with Gasteiger partial charge in [0.05, 0.1) is 0 Å². The first-order valence-electron chi connectivity index (χ1n) is 6.17. The predicted molar refractivity (Wildman–Crippen MR) is 73.0 cm³/mol. The van der Waals surface area contributed by atoms with E-state index in [1.165, 1.54) is 0 Å². The van der Waals surface area contributed by atoms with Gasteiger partial charge in [-0.05, 0) is 43.9 Å². The van der Waals surface area contributed by atoms with E-state index in [9.17, 15) is 4.79 Å². The molecule has 0 fully saturated rings. The number of rotatable bonds is 4. The molecule has 0 aliphatic rings. The Hall–Kier alpha value is -1.51. The fourth-order valence-electron chi connectivity index (χ4n) is 1.90. The van der Waals surface area contributed by atoms with Gasteiger partial charge < -0.3 is 11.1 Å². The van der Waals surface area contributed by atoms with E-state index in [0.29, 0.717) is 0 Å². The first-order valence-corrected chi connectivity index (χ1v) is 6.17. The van der Waals surface area contributed by atoms with Crippen LogP contribution in [0.3, 0.4) is 0 Å². The van der Waals surface area contributed by atoms with Crippen molar-refractivity contribution in [1.82, 2.24) is 0 Å². The number of aryl methyl sites for hydroxylation is 2. The van der Waals surface area contributed by atoms with Crippen molar-refractivity contribution in [2.24, 2.45) is 5.92 Å². The quantitative estimate of drug-likeness (QED) is 0.786. The van der Waals surface area contributed by atoms with Gasteiger partial charge in [0.1, 0.15) is 0 Å². The molecule has 94 valence electrons. The van der Waals surface area contributed by atoms with E-state index >= 15 is 0 Å². The van der Waals surface area contributed by atoms with E-state index < -0.39 is 0 Å². The van der Waals surface area contributed by atoms with Crippen molar-refractivity contribution >= 4 is 17.3 Å². The van der Waals surface area contributed by atoms with Crippen LogP contribution in [0.5, 0.6) is 0 Å². The Kier molecular flexibility index (Phi) is 4.55. The summed E-state index contributed by atoms with van der Waals surface area (Å²) in [5.41, 5.74) is 9.49. The molecule has 0 atom stereocenters. The molecule has 0 aromatic heterocycles. The van der Waals surface area contributed by atoms with Crippen molar-refractivity contribution in [3.8, 4) is 0 Å². The molecule has 0 bridgehead atoms. The summed E-state index contributed by atoms with van der Waals surface area (Å²) in [6.07, 6.45) is 1.73. The van der Waals surface area contributed by atoms with Crippen molar-refractivity contribution < 1.29 is 4.79 Å². The number of nitrogens with two attached hydrogens (primary N) is 1. The third-order valence-corrected chi connectivity index (χ3v) is 3.23. The second-order valence-corrected chi connectivity index (χ2v) is 4.53. The number of amides is 1. The van der Waals surface area contributed by atoms with Crippen molar-refractivity contribution in [3.63, 3.8) is 0 Å². The molecule has 17 heavy (non-hydrogen) atoms. The molecule has 0 aliphatic carbocycles. The Morgan fingerprint density at radius 3 is 2.35 bits per heavy atom. The Morgan fingerprint density at radius 1 is 1.24 bits per heavy atom. The van der Waals surface area contributed by atoms with Crippen LogP contribution in [0.4, 0.5) is 11.4 Å². The highest BCUT2D eigenvalue weighted by Crippen LogP contribution is 2.23. The lowest BCUT2D eigenvalue weighted by Gasteiger charge is -2.15. The maximum atomic E-state index is 12.0. The number of carbonyl (C=O) groups excluding carboxylic acids is 1. The highest BCUT2D eigenvalue weighted by Gasteiger charge is 2.15. The van der Waals surface area contributed by atoms with Gasteiger partial charge >= 0.3 is 0 Å². The van der Waals surface area contributed by atoms with Gasteiger partial charge in [0, 0.05) is 17.3 Å². The molecule has 3 nitrogen and oxygen atoms in total. The number of hydrogen-bond acceptors (Lipinski definition) is 2. The molecule has 0 radical (unpaired) electrons. The largest absolute Gasteiger partial charge is 0.398 e. The van der Waals surface area contributed by atoms with Crippen LogP contribution in [-0.4, -0.2) is 5.91 Å². The Morgan fingerprint density at radius 2 is 1.82 bits per heavy atom. The molecule has 0 saturated heterocycles. The Balaban J connectivity index is 2.88. The van der Waals surface area contributed by atoms with Crippen molar-refractivity contribution in [1.29, 1.82) is 0 Å². The van der Waals surface area contributed by atoms with Gasteiger partial charge in [-0.15, -0.1) is 0 Å². The molecule has 1 rings (SSSR count). The number of anilines is 2. The first kappa shape index (κ1) is 13.6. The molecule has 3 heteroatoms. The summed E-state index contributed by atoms with van der Waals surface area (Å²) < 4.78 is 0. The summed E-state index contributed by atoms with van der Waals surface area (Å²) in [7, 11) is 0. The van der Waals surface area contributed by atoms with Crippen molar-refractivity contribution in [2.45, 2.75) is 40.5 Å². The summed E-state index contributed by atoms with van der Waals surface area (Å²) in [6.45, 7) is 8.01. The van der Waals surface area contributed by atoms with Crippen LogP contribution in [0.1, 0.15) is 37.8 Å². The average Bonchev–Trinajstić information content (AvgIpc) is 2.27. The lowest BCUT2D eigenvalue weighted by atomic mass is 10.0. The van der Waals surface area contributed by atoms with Crippen LogP contribution < -0.4 is 11.1 Å². The monoisotopic (exact) mass is 234 g/mol. The molecule has 0 saturated carbocycles. The zero-order chi connectivity index (χ0) is 13.0. The minimum Gasteiger partial charge on any atom is -0.398 e. The minimum atomic E-state index is 0.0805. The Bertz CT molecular complexity index is 409. The van der Waals surface area contributed by atoms with Crippen LogP contribution in [0.25, 0.3) is 0 Å². The molecular formula is C14H22N2O. The molecule has 3 N–H and O–H groups in total. The third kappa shape index (κ3) is 3.22. The van der Waals surface area contributed by atoms with Gasteiger partial charge in [-0.25, -0.2) is 0 Å². The molecule has 1 amide bonds. The highest BCUT2D eigenvalue weighted by atomic mass is 16.1. The van der Waals surface area contributed by atoms with Crippen LogP contribution >= 0.6 is 0 Å². The fourth-order valence-corrected chi connectivity index (χ4v) is 1.90. The zero-order valence-electron chi connectivity index (χ0n) is 11.1. The van der Waals surface area contributed by atoms with E-state index in [-0.39, 0.29) is 11.8 Å². The third-order valence-electron chi connectivity index (χ3n) is 3.23. The second-order valence-electron chi connectivity index (χ2n) is 4.53. The SMILES string of the molecule is CCC(CC)C(=O)Nc1cc(N)c(C)cc1C. The van der Waals surface area contributed by atoms with E-state index in [4.69, 9.17) is 5.73 Å². The summed E-state index contributed by atoms with van der Waals surface area (Å²) in [5.74, 6) is 0.165. The van der Waals surface area contributed by atoms with Gasteiger partial charge in [0.2, 0.25) is 5.91 Å². The van der Waals surface area contributed by atoms with Crippen LogP contribution in [-0.2, 0) is 4.79 Å². The molecule has 0 unspecified atom stereocenters. The summed E-state index contributed by atoms with van der Waals surface area (Å²) in [5, 5.41) is 2.96. The number of nitrogen functional groups attached to an aromatic ring is 1. The zero-order valence-corrected chi connectivity index (χ0v) is 11.1. The smallest absolute Gasteiger partial charge is 0.227 e. The number of benzene rings is 1. The van der Waals surface area contributed by atoms with E-state index in [1.54, 1.807) is 0 Å². The predicted octanol–water partition coefficient (Wildman–Crippen LogP) is 3.26. The standard InChI is InChI=1S/C14H22N2O/c1-5-11(6-2)14(17)16-13-8-12(15)9(3)7-10(13)4/h7-8,11H,5-6,15H2,1-4H3,(H,16,17). The highest BCUT2D eigenvalue weighted by molar-refractivity contribution is 5.93. The summed E-state index contributed by atoms with van der Waals surface area (Å²) >= 11 is 0. The summed E-state index contributed by atoms with van der Waals surface area (Å²) in [4.78, 5) is 12.0. The van der Waals surface area contributed by atoms with Crippen molar-refractivity contribution in [2.75, 3.05) is 11.1 Å². The van der Waals surface area contributed by atoms with Crippen molar-refractivity contribution in [3.05, 3.63) is 23.3 Å². The molecule has 0 aliphatic heterocycles. The maximum Gasteiger partial charge on any atom is 0.227 e. The lowest BCUT2D eigenvalue weighted by molar-refractivity contribution is -0.120. The van der Waals surface area contributed by atoms with E-state index in [0.717, 1.165) is 35.3 Å². The normalized spacial score (nSPS) is 10.6. The molecule has 0 heterocycles. The van der Waals surface area contributed by atoms with E-state index in [2.05, 4.69) is 5.32 Å². The van der Waals surface area contributed by atoms with Crippen LogP contribution in [0, 0.1) is 19.8 Å². The first-order chi connectivity index (χ1) is 7.99. The number of nitrogens with one attached hydrogen (secondary N) is 1. The average molecular weight is 234 g/mol. The molecule has 0 spiro atoms. The topological polar surface area (TPSA) is 55.1 Å². The van der Waals surface area contributed by atoms with Crippen LogP contribution in [0.15, 0.2) is 12.1 Å². The summed E-state index contributed by atoms with van der Waals surface area (Å²) in [6, 6.07) is 3.84. The molecule has 1 aromatic rings. The maximum absolute atomic E-state index is 12.0. The van der Waals surface area contributed by atoms with Gasteiger partial charge in [0.25, 0.3) is 0 Å².